The lowest BCUT2D eigenvalue weighted by molar-refractivity contribution is -0.369. The predicted molar refractivity (Wildman–Crippen MR) is 94.9 cm³/mol. The van der Waals surface area contributed by atoms with Crippen molar-refractivity contribution in [3.8, 4) is 0 Å². The molecular formula is C16H27F8N3O5. The smallest absolute Gasteiger partial charge is 0.380 e. The van der Waals surface area contributed by atoms with E-state index in [4.69, 9.17) is 24.4 Å². The van der Waals surface area contributed by atoms with Crippen molar-refractivity contribution in [2.75, 3.05) is 73.1 Å². The molecule has 0 fully saturated rings. The third-order valence-corrected chi connectivity index (χ3v) is 3.65. The van der Waals surface area contributed by atoms with E-state index in [9.17, 15) is 35.1 Å². The summed E-state index contributed by atoms with van der Waals surface area (Å²) in [5.74, 6) is -25.5. The minimum absolute atomic E-state index is 0.0125. The largest absolute Gasteiger partial charge is 0.382 e. The molecule has 16 heteroatoms. The second kappa shape index (κ2) is 13.9. The molecule has 0 rings (SSSR count). The molecule has 0 saturated carbocycles. The molecule has 32 heavy (non-hydrogen) atoms. The van der Waals surface area contributed by atoms with E-state index < -0.39 is 49.4 Å². The van der Waals surface area contributed by atoms with Gasteiger partial charge in [-0.05, 0) is 0 Å². The maximum Gasteiger partial charge on any atom is 0.380 e. The average Bonchev–Trinajstić information content (AvgIpc) is 2.69. The first kappa shape index (κ1) is 30.5. The van der Waals surface area contributed by atoms with Crippen LogP contribution < -0.4 is 11.1 Å². The summed E-state index contributed by atoms with van der Waals surface area (Å²) in [4.78, 5) is 0. The number of hydrogen-bond donors (Lipinski definition) is 3. The molecule has 0 atom stereocenters. The number of rotatable bonds is 19. The quantitative estimate of drug-likeness (QED) is 0.109. The van der Waals surface area contributed by atoms with Gasteiger partial charge in [-0.3, -0.25) is 5.41 Å². The van der Waals surface area contributed by atoms with Crippen molar-refractivity contribution in [1.82, 2.24) is 5.32 Å². The van der Waals surface area contributed by atoms with Crippen LogP contribution in [0.1, 0.15) is 0 Å². The fourth-order valence-electron chi connectivity index (χ4n) is 1.87. The van der Waals surface area contributed by atoms with Crippen LogP contribution in [0.4, 0.5) is 35.1 Å². The Labute approximate surface area is 179 Å². The van der Waals surface area contributed by atoms with Gasteiger partial charge < -0.3 is 34.7 Å². The number of methoxy groups -OCH3 is 1. The zero-order valence-electron chi connectivity index (χ0n) is 17.2. The summed E-state index contributed by atoms with van der Waals surface area (Å²) in [6, 6.07) is 0. The second-order valence-electron chi connectivity index (χ2n) is 6.21. The molecule has 0 aliphatic rings. The number of alkyl halides is 8. The van der Waals surface area contributed by atoms with E-state index in [1.54, 1.807) is 0 Å². The number of nitrogens with one attached hydrogen (secondary N) is 2. The van der Waals surface area contributed by atoms with E-state index >= 15 is 0 Å². The molecule has 0 aromatic rings. The highest BCUT2D eigenvalue weighted by molar-refractivity contribution is 5.74. The topological polar surface area (TPSA) is 108 Å². The monoisotopic (exact) mass is 493 g/mol. The molecule has 0 aliphatic carbocycles. The second-order valence-corrected chi connectivity index (χ2v) is 6.21. The minimum Gasteiger partial charge on any atom is -0.382 e. The van der Waals surface area contributed by atoms with Gasteiger partial charge >= 0.3 is 23.7 Å². The van der Waals surface area contributed by atoms with Crippen molar-refractivity contribution in [3.05, 3.63) is 0 Å². The van der Waals surface area contributed by atoms with Gasteiger partial charge in [0.25, 0.3) is 0 Å². The first-order chi connectivity index (χ1) is 14.7. The normalized spacial score (nSPS) is 13.4. The molecule has 192 valence electrons. The molecule has 0 aromatic carbocycles. The van der Waals surface area contributed by atoms with E-state index in [1.807, 2.05) is 0 Å². The Hall–Kier alpha value is -1.49. The van der Waals surface area contributed by atoms with Crippen LogP contribution in [0.5, 0.6) is 0 Å². The van der Waals surface area contributed by atoms with Gasteiger partial charge in [-0.25, -0.2) is 0 Å². The van der Waals surface area contributed by atoms with Crippen LogP contribution >= 0.6 is 0 Å². The zero-order valence-corrected chi connectivity index (χ0v) is 17.2. The maximum atomic E-state index is 13.6. The average molecular weight is 493 g/mol. The SMILES string of the molecule is COCCOCCOCCOCCOCC(F)(F)C(F)(F)C(F)(F)C(F)(F)CNC(=N)N. The van der Waals surface area contributed by atoms with Crippen LogP contribution in [0, 0.1) is 5.41 Å². The third kappa shape index (κ3) is 9.56. The number of nitrogens with two attached hydrogens (primary N) is 1. The van der Waals surface area contributed by atoms with Crippen LogP contribution in [0.3, 0.4) is 0 Å². The third-order valence-electron chi connectivity index (χ3n) is 3.65. The van der Waals surface area contributed by atoms with Gasteiger partial charge in [0.2, 0.25) is 0 Å². The van der Waals surface area contributed by atoms with E-state index in [0.29, 0.717) is 19.8 Å². The summed E-state index contributed by atoms with van der Waals surface area (Å²) < 4.78 is 132. The summed E-state index contributed by atoms with van der Waals surface area (Å²) in [5, 5.41) is 7.78. The fourth-order valence-corrected chi connectivity index (χ4v) is 1.87. The van der Waals surface area contributed by atoms with E-state index in [-0.39, 0.29) is 26.4 Å². The zero-order chi connectivity index (χ0) is 24.9. The molecule has 0 radical (unpaired) electrons. The molecular weight excluding hydrogens is 466 g/mol. The summed E-state index contributed by atoms with van der Waals surface area (Å²) in [5.41, 5.74) is 4.61. The van der Waals surface area contributed by atoms with E-state index in [1.165, 1.54) is 12.4 Å². The first-order valence-corrected chi connectivity index (χ1v) is 9.12. The Kier molecular flexibility index (Phi) is 13.3. The van der Waals surface area contributed by atoms with Gasteiger partial charge in [0, 0.05) is 7.11 Å². The number of hydrogen-bond acceptors (Lipinski definition) is 6. The van der Waals surface area contributed by atoms with Gasteiger partial charge in [0.15, 0.2) is 5.96 Å². The van der Waals surface area contributed by atoms with Crippen molar-refractivity contribution in [2.24, 2.45) is 5.73 Å². The lowest BCUT2D eigenvalue weighted by Gasteiger charge is -2.36. The molecule has 0 heterocycles. The van der Waals surface area contributed by atoms with E-state index in [0.717, 1.165) is 0 Å². The predicted octanol–water partition coefficient (Wildman–Crippen LogP) is 1.72. The van der Waals surface area contributed by atoms with E-state index in [2.05, 4.69) is 10.5 Å². The lowest BCUT2D eigenvalue weighted by atomic mass is 9.99. The summed E-state index contributed by atoms with van der Waals surface area (Å²) in [7, 11) is 1.51. The Bertz CT molecular complexity index is 544. The van der Waals surface area contributed by atoms with Crippen molar-refractivity contribution in [2.45, 2.75) is 23.7 Å². The van der Waals surface area contributed by atoms with Gasteiger partial charge in [0.1, 0.15) is 6.61 Å². The molecule has 0 aromatic heterocycles. The molecule has 0 bridgehead atoms. The first-order valence-electron chi connectivity index (χ1n) is 9.12. The molecule has 4 N–H and O–H groups in total. The summed E-state index contributed by atoms with van der Waals surface area (Å²) in [6.45, 7) is -4.15. The highest BCUT2D eigenvalue weighted by atomic mass is 19.4. The maximum absolute atomic E-state index is 13.6. The van der Waals surface area contributed by atoms with Gasteiger partial charge in [0.05, 0.1) is 59.4 Å². The van der Waals surface area contributed by atoms with Gasteiger partial charge in [-0.15, -0.1) is 0 Å². The highest BCUT2D eigenvalue weighted by Gasteiger charge is 2.80. The van der Waals surface area contributed by atoms with Crippen LogP contribution in [-0.4, -0.2) is 103 Å². The Morgan fingerprint density at radius 2 is 1.06 bits per heavy atom. The molecule has 0 amide bonds. The fraction of sp³-hybridized carbons (Fsp3) is 0.938. The molecule has 0 aliphatic heterocycles. The summed E-state index contributed by atoms with van der Waals surface area (Å²) >= 11 is 0. The summed E-state index contributed by atoms with van der Waals surface area (Å²) in [6.07, 6.45) is 0. The van der Waals surface area contributed by atoms with Crippen molar-refractivity contribution in [1.29, 1.82) is 5.41 Å². The molecule has 0 unspecified atom stereocenters. The van der Waals surface area contributed by atoms with Crippen molar-refractivity contribution >= 4 is 5.96 Å². The molecule has 8 nitrogen and oxygen atoms in total. The Morgan fingerprint density at radius 3 is 1.47 bits per heavy atom. The van der Waals surface area contributed by atoms with Gasteiger partial charge in [-0.1, -0.05) is 0 Å². The number of halogens is 8. The standard InChI is InChI=1S/C16H27F8N3O5/c1-28-2-3-29-4-5-30-6-7-31-8-9-32-11-14(19,20)16(23,24)15(21,22)13(17,18)10-27-12(25)26/h2-11H2,1H3,(H4,25,26,27). The Balaban J connectivity index is 4.29. The highest BCUT2D eigenvalue weighted by Crippen LogP contribution is 2.52. The Morgan fingerprint density at radius 1 is 0.688 bits per heavy atom. The lowest BCUT2D eigenvalue weighted by Crippen LogP contribution is -2.65. The van der Waals surface area contributed by atoms with Crippen LogP contribution in [0.15, 0.2) is 0 Å². The number of guanidine groups is 1. The molecule has 0 saturated heterocycles. The van der Waals surface area contributed by atoms with Crippen LogP contribution in [-0.2, 0) is 23.7 Å². The van der Waals surface area contributed by atoms with Crippen LogP contribution in [0.25, 0.3) is 0 Å². The van der Waals surface area contributed by atoms with Crippen LogP contribution in [0.2, 0.25) is 0 Å². The number of ether oxygens (including phenoxy) is 5. The minimum atomic E-state index is -6.48. The van der Waals surface area contributed by atoms with Crippen molar-refractivity contribution < 1.29 is 58.8 Å². The van der Waals surface area contributed by atoms with Gasteiger partial charge in [-0.2, -0.15) is 35.1 Å². The van der Waals surface area contributed by atoms with Crippen molar-refractivity contribution in [3.63, 3.8) is 0 Å². The molecule has 0 spiro atoms.